The molecular formula is C21H17ClN2OS. The first-order valence-electron chi connectivity index (χ1n) is 8.43. The first-order valence-corrected chi connectivity index (χ1v) is 9.79. The van der Waals surface area contributed by atoms with Crippen LogP contribution in [0.4, 0.5) is 0 Å². The smallest absolute Gasteiger partial charge is 0.258 e. The molecule has 0 aliphatic heterocycles. The highest BCUT2D eigenvalue weighted by Gasteiger charge is 2.23. The monoisotopic (exact) mass is 380 g/mol. The molecule has 5 heteroatoms. The SMILES string of the molecule is N=Cc1c2c(c(SCc3ccccc3Cl)[nH]c1=O)CCc1ccccc1-2. The number of thioether (sulfide) groups is 1. The summed E-state index contributed by atoms with van der Waals surface area (Å²) in [7, 11) is 0. The molecule has 0 spiro atoms. The van der Waals surface area contributed by atoms with Gasteiger partial charge in [0.25, 0.3) is 5.56 Å². The number of aryl methyl sites for hydroxylation is 1. The molecule has 4 rings (SSSR count). The number of aromatic amines is 1. The van der Waals surface area contributed by atoms with Crippen molar-refractivity contribution in [3.63, 3.8) is 0 Å². The van der Waals surface area contributed by atoms with E-state index in [0.717, 1.165) is 45.1 Å². The molecule has 0 saturated carbocycles. The summed E-state index contributed by atoms with van der Waals surface area (Å²) in [5.74, 6) is 0.688. The summed E-state index contributed by atoms with van der Waals surface area (Å²) in [6.07, 6.45) is 2.96. The molecule has 0 bridgehead atoms. The van der Waals surface area contributed by atoms with Crippen LogP contribution in [-0.4, -0.2) is 11.2 Å². The number of hydrogen-bond donors (Lipinski definition) is 2. The molecule has 0 atom stereocenters. The molecule has 3 aromatic rings. The molecule has 3 nitrogen and oxygen atoms in total. The van der Waals surface area contributed by atoms with Crippen molar-refractivity contribution in [2.45, 2.75) is 23.6 Å². The lowest BCUT2D eigenvalue weighted by Crippen LogP contribution is -2.20. The van der Waals surface area contributed by atoms with E-state index < -0.39 is 0 Å². The molecular weight excluding hydrogens is 364 g/mol. The van der Waals surface area contributed by atoms with Gasteiger partial charge in [0.2, 0.25) is 0 Å². The van der Waals surface area contributed by atoms with Crippen molar-refractivity contribution in [2.75, 3.05) is 0 Å². The topological polar surface area (TPSA) is 56.7 Å². The third-order valence-corrected chi connectivity index (χ3v) is 6.18. The lowest BCUT2D eigenvalue weighted by molar-refractivity contribution is 0.876. The van der Waals surface area contributed by atoms with Crippen molar-refractivity contribution in [3.05, 3.63) is 86.2 Å². The van der Waals surface area contributed by atoms with Crippen molar-refractivity contribution in [1.82, 2.24) is 4.98 Å². The Bertz CT molecular complexity index is 1060. The Morgan fingerprint density at radius 2 is 1.88 bits per heavy atom. The number of fused-ring (bicyclic) bond motifs is 3. The van der Waals surface area contributed by atoms with Gasteiger partial charge in [-0.15, -0.1) is 11.8 Å². The van der Waals surface area contributed by atoms with Gasteiger partial charge in [-0.2, -0.15) is 0 Å². The minimum Gasteiger partial charge on any atom is -0.316 e. The number of pyridine rings is 1. The van der Waals surface area contributed by atoms with E-state index in [0.29, 0.717) is 11.3 Å². The Hall–Kier alpha value is -2.30. The zero-order valence-electron chi connectivity index (χ0n) is 14.0. The number of hydrogen-bond acceptors (Lipinski definition) is 3. The Kier molecular flexibility index (Phi) is 4.70. The van der Waals surface area contributed by atoms with Crippen LogP contribution in [0.15, 0.2) is 58.4 Å². The van der Waals surface area contributed by atoms with Crippen LogP contribution in [0.3, 0.4) is 0 Å². The van der Waals surface area contributed by atoms with Gasteiger partial charge in [0, 0.05) is 22.6 Å². The summed E-state index contributed by atoms with van der Waals surface area (Å²) in [4.78, 5) is 15.6. The van der Waals surface area contributed by atoms with E-state index >= 15 is 0 Å². The number of nitrogens with one attached hydrogen (secondary N) is 2. The van der Waals surface area contributed by atoms with E-state index in [2.05, 4.69) is 11.1 Å². The van der Waals surface area contributed by atoms with E-state index in [1.807, 2.05) is 42.5 Å². The van der Waals surface area contributed by atoms with E-state index in [-0.39, 0.29) is 5.56 Å². The fourth-order valence-corrected chi connectivity index (χ4v) is 4.83. The van der Waals surface area contributed by atoms with Crippen LogP contribution in [0.5, 0.6) is 0 Å². The standard InChI is InChI=1S/C21H17ClN2OS/c22-18-8-4-2-6-14(18)12-26-21-16-10-9-13-5-1-3-7-15(13)19(16)17(11-23)20(25)24-21/h1-8,11,23H,9-10,12H2,(H,24,25). The average Bonchev–Trinajstić information content (AvgIpc) is 2.67. The molecule has 0 amide bonds. The second kappa shape index (κ2) is 7.14. The van der Waals surface area contributed by atoms with Gasteiger partial charge in [0.1, 0.15) is 0 Å². The predicted molar refractivity (Wildman–Crippen MR) is 109 cm³/mol. The van der Waals surface area contributed by atoms with Gasteiger partial charge in [-0.1, -0.05) is 54.1 Å². The number of halogens is 1. The normalized spacial score (nSPS) is 12.3. The lowest BCUT2D eigenvalue weighted by Gasteiger charge is -2.23. The average molecular weight is 381 g/mol. The predicted octanol–water partition coefficient (Wildman–Crippen LogP) is 5.08. The minimum absolute atomic E-state index is 0.211. The third-order valence-electron chi connectivity index (χ3n) is 4.72. The second-order valence-electron chi connectivity index (χ2n) is 6.23. The second-order valence-corrected chi connectivity index (χ2v) is 7.62. The lowest BCUT2D eigenvalue weighted by atomic mass is 9.84. The van der Waals surface area contributed by atoms with Crippen molar-refractivity contribution < 1.29 is 0 Å². The summed E-state index contributed by atoms with van der Waals surface area (Å²) >= 11 is 7.86. The van der Waals surface area contributed by atoms with Crippen LogP contribution in [0.1, 0.15) is 22.3 Å². The van der Waals surface area contributed by atoms with Gasteiger partial charge in [0.05, 0.1) is 10.6 Å². The maximum absolute atomic E-state index is 12.6. The van der Waals surface area contributed by atoms with Gasteiger partial charge in [-0.05, 0) is 41.2 Å². The van der Waals surface area contributed by atoms with Crippen LogP contribution < -0.4 is 5.56 Å². The molecule has 1 aliphatic rings. The van der Waals surface area contributed by atoms with Crippen molar-refractivity contribution >= 4 is 29.6 Å². The first kappa shape index (κ1) is 17.1. The zero-order chi connectivity index (χ0) is 18.1. The van der Waals surface area contributed by atoms with E-state index in [1.165, 1.54) is 11.8 Å². The summed E-state index contributed by atoms with van der Waals surface area (Å²) in [5.41, 5.74) is 5.60. The number of rotatable bonds is 4. The maximum Gasteiger partial charge on any atom is 0.258 e. The molecule has 1 heterocycles. The molecule has 0 unspecified atom stereocenters. The quantitative estimate of drug-likeness (QED) is 0.489. The van der Waals surface area contributed by atoms with Crippen molar-refractivity contribution in [2.24, 2.45) is 0 Å². The zero-order valence-corrected chi connectivity index (χ0v) is 15.6. The summed E-state index contributed by atoms with van der Waals surface area (Å²) < 4.78 is 0. The number of aromatic nitrogens is 1. The Labute approximate surface area is 160 Å². The Morgan fingerprint density at radius 1 is 1.12 bits per heavy atom. The fraction of sp³-hybridized carbons (Fsp3) is 0.143. The highest BCUT2D eigenvalue weighted by Crippen LogP contribution is 2.39. The molecule has 0 fully saturated rings. The van der Waals surface area contributed by atoms with Crippen LogP contribution >= 0.6 is 23.4 Å². The molecule has 130 valence electrons. The maximum atomic E-state index is 12.6. The summed E-state index contributed by atoms with van der Waals surface area (Å²) in [6.45, 7) is 0. The Balaban J connectivity index is 1.81. The first-order chi connectivity index (χ1) is 12.7. The van der Waals surface area contributed by atoms with E-state index in [4.69, 9.17) is 17.0 Å². The van der Waals surface area contributed by atoms with E-state index in [1.54, 1.807) is 11.8 Å². The minimum atomic E-state index is -0.211. The van der Waals surface area contributed by atoms with Crippen LogP contribution in [-0.2, 0) is 18.6 Å². The molecule has 0 radical (unpaired) electrons. The van der Waals surface area contributed by atoms with Crippen LogP contribution in [0.25, 0.3) is 11.1 Å². The van der Waals surface area contributed by atoms with Crippen LogP contribution in [0.2, 0.25) is 5.02 Å². The molecule has 2 N–H and O–H groups in total. The molecule has 1 aliphatic carbocycles. The summed E-state index contributed by atoms with van der Waals surface area (Å²) in [5, 5.41) is 9.35. The largest absolute Gasteiger partial charge is 0.316 e. The van der Waals surface area contributed by atoms with Gasteiger partial charge in [-0.25, -0.2) is 0 Å². The fourth-order valence-electron chi connectivity index (χ4n) is 3.45. The highest BCUT2D eigenvalue weighted by atomic mass is 35.5. The molecule has 1 aromatic heterocycles. The third kappa shape index (κ3) is 3.00. The highest BCUT2D eigenvalue weighted by molar-refractivity contribution is 7.98. The van der Waals surface area contributed by atoms with Crippen molar-refractivity contribution in [1.29, 1.82) is 5.41 Å². The number of H-pyrrole nitrogens is 1. The van der Waals surface area contributed by atoms with Gasteiger partial charge in [0.15, 0.2) is 0 Å². The number of benzene rings is 2. The van der Waals surface area contributed by atoms with Gasteiger partial charge >= 0.3 is 0 Å². The molecule has 26 heavy (non-hydrogen) atoms. The van der Waals surface area contributed by atoms with Crippen molar-refractivity contribution in [3.8, 4) is 11.1 Å². The van der Waals surface area contributed by atoms with Gasteiger partial charge in [-0.3, -0.25) is 4.79 Å². The molecule has 0 saturated heterocycles. The van der Waals surface area contributed by atoms with Gasteiger partial charge < -0.3 is 10.4 Å². The molecule has 2 aromatic carbocycles. The Morgan fingerprint density at radius 3 is 2.69 bits per heavy atom. The van der Waals surface area contributed by atoms with E-state index in [9.17, 15) is 4.79 Å². The summed E-state index contributed by atoms with van der Waals surface area (Å²) in [6, 6.07) is 15.9. The van der Waals surface area contributed by atoms with Crippen LogP contribution in [0, 0.1) is 5.41 Å².